The summed E-state index contributed by atoms with van der Waals surface area (Å²) in [4.78, 5) is 0. The molecule has 4 nitrogen and oxygen atoms in total. The van der Waals surface area contributed by atoms with Crippen molar-refractivity contribution in [2.24, 2.45) is 10.3 Å². The molecule has 0 atom stereocenters. The average molecular weight is 308 g/mol. The van der Waals surface area contributed by atoms with Gasteiger partial charge in [-0.15, -0.1) is 0 Å². The van der Waals surface area contributed by atoms with Gasteiger partial charge < -0.3 is 0 Å². The van der Waals surface area contributed by atoms with E-state index in [2.05, 4.69) is 72.7 Å². The minimum absolute atomic E-state index is 1.28. The van der Waals surface area contributed by atoms with Crippen LogP contribution in [0.5, 0.6) is 0 Å². The highest BCUT2D eigenvalue weighted by molar-refractivity contribution is 7.86. The van der Waals surface area contributed by atoms with E-state index in [4.69, 9.17) is 0 Å². The van der Waals surface area contributed by atoms with Crippen molar-refractivity contribution in [3.8, 4) is 11.1 Å². The number of nitrogens with two attached hydrogens (primary N) is 2. The topological polar surface area (TPSA) is 86.2 Å². The summed E-state index contributed by atoms with van der Waals surface area (Å²) in [5.41, 5.74) is 2.55. The van der Waals surface area contributed by atoms with E-state index in [1.807, 2.05) is 12.1 Å². The molecule has 0 heterocycles. The van der Waals surface area contributed by atoms with Gasteiger partial charge in [0.1, 0.15) is 0 Å². The van der Waals surface area contributed by atoms with Crippen LogP contribution in [-0.2, 0) is 10.2 Å². The van der Waals surface area contributed by atoms with Crippen molar-refractivity contribution in [1.82, 2.24) is 0 Å². The Bertz CT molecular complexity index is 522. The molecule has 0 aromatic heterocycles. The molecule has 0 spiro atoms. The van der Waals surface area contributed by atoms with Gasteiger partial charge >= 0.3 is 0 Å². The van der Waals surface area contributed by atoms with Gasteiger partial charge in [-0.25, -0.2) is 10.3 Å². The Hall–Kier alpha value is -1.69. The van der Waals surface area contributed by atoms with Crippen LogP contribution in [0.4, 0.5) is 0 Å². The maximum atomic E-state index is 9.19. The van der Waals surface area contributed by atoms with Crippen LogP contribution in [0.2, 0.25) is 0 Å². The first-order valence-electron chi connectivity index (χ1n) is 6.79. The normalized spacial score (nSPS) is 9.71. The summed E-state index contributed by atoms with van der Waals surface area (Å²) in [6, 6.07) is 20.8. The minimum Gasteiger partial charge on any atom is -0.216 e. The van der Waals surface area contributed by atoms with Crippen molar-refractivity contribution >= 4 is 10.2 Å². The smallest absolute Gasteiger partial charge is 0.216 e. The molecule has 0 aliphatic rings. The summed E-state index contributed by atoms with van der Waals surface area (Å²) in [6.07, 6.45) is 2.64. The fourth-order valence-electron chi connectivity index (χ4n) is 1.26. The summed E-state index contributed by atoms with van der Waals surface area (Å²) >= 11 is 0. The van der Waals surface area contributed by atoms with Crippen LogP contribution < -0.4 is 10.3 Å². The third-order valence-corrected chi connectivity index (χ3v) is 2.38. The van der Waals surface area contributed by atoms with Crippen LogP contribution in [0.15, 0.2) is 60.7 Å². The highest BCUT2D eigenvalue weighted by Gasteiger charge is 1.91. The molecule has 0 unspecified atom stereocenters. The molecule has 4 N–H and O–H groups in total. The van der Waals surface area contributed by atoms with Gasteiger partial charge in [-0.3, -0.25) is 0 Å². The van der Waals surface area contributed by atoms with E-state index < -0.39 is 10.2 Å². The molecule has 0 fully saturated rings. The average Bonchev–Trinajstić information content (AvgIpc) is 2.48. The zero-order chi connectivity index (χ0) is 16.1. The molecule has 2 rings (SSSR count). The third kappa shape index (κ3) is 13.1. The zero-order valence-electron chi connectivity index (χ0n) is 12.6. The molecule has 5 heteroatoms. The summed E-state index contributed by atoms with van der Waals surface area (Å²) in [5.74, 6) is 0. The Labute approximate surface area is 128 Å². The molecular formula is C16H24N2O2S. The summed E-state index contributed by atoms with van der Waals surface area (Å²) in [5, 5.41) is 8.21. The number of hydrogen-bond donors (Lipinski definition) is 2. The van der Waals surface area contributed by atoms with Gasteiger partial charge in [-0.1, -0.05) is 87.4 Å². The molecule has 0 saturated heterocycles. The Kier molecular flexibility index (Phi) is 10.1. The highest BCUT2D eigenvalue weighted by Crippen LogP contribution is 2.17. The van der Waals surface area contributed by atoms with Gasteiger partial charge in [0.2, 0.25) is 0 Å². The highest BCUT2D eigenvalue weighted by atomic mass is 32.2. The zero-order valence-corrected chi connectivity index (χ0v) is 13.4. The summed E-state index contributed by atoms with van der Waals surface area (Å²) < 4.78 is 18.4. The summed E-state index contributed by atoms with van der Waals surface area (Å²) in [7, 11) is -3.67. The van der Waals surface area contributed by atoms with E-state index in [0.29, 0.717) is 0 Å². The Balaban J connectivity index is 0.000000374. The molecule has 2 aromatic rings. The SMILES string of the molecule is CCCC.NS(N)(=O)=O.c1ccc(-c2ccccc2)cc1. The quantitative estimate of drug-likeness (QED) is 0.891. The second kappa shape index (κ2) is 11.0. The van der Waals surface area contributed by atoms with Crippen LogP contribution in [0.1, 0.15) is 26.7 Å². The van der Waals surface area contributed by atoms with E-state index in [1.54, 1.807) is 0 Å². The summed E-state index contributed by atoms with van der Waals surface area (Å²) in [6.45, 7) is 4.36. The Morgan fingerprint density at radius 2 is 0.952 bits per heavy atom. The van der Waals surface area contributed by atoms with Crippen molar-refractivity contribution in [1.29, 1.82) is 0 Å². The monoisotopic (exact) mass is 308 g/mol. The number of hydrogen-bond acceptors (Lipinski definition) is 2. The molecule has 0 bridgehead atoms. The lowest BCUT2D eigenvalue weighted by Gasteiger charge is -1.98. The minimum atomic E-state index is -3.67. The maximum Gasteiger partial charge on any atom is 0.271 e. The molecule has 0 radical (unpaired) electrons. The lowest BCUT2D eigenvalue weighted by molar-refractivity contribution is 0.599. The van der Waals surface area contributed by atoms with Gasteiger partial charge in [0.05, 0.1) is 0 Å². The van der Waals surface area contributed by atoms with Crippen molar-refractivity contribution in [3.63, 3.8) is 0 Å². The molecular weight excluding hydrogens is 284 g/mol. The van der Waals surface area contributed by atoms with Crippen LogP contribution in [0.3, 0.4) is 0 Å². The molecule has 0 amide bonds. The van der Waals surface area contributed by atoms with Crippen molar-refractivity contribution < 1.29 is 8.42 Å². The van der Waals surface area contributed by atoms with E-state index in [1.165, 1.54) is 24.0 Å². The van der Waals surface area contributed by atoms with E-state index in [-0.39, 0.29) is 0 Å². The molecule has 116 valence electrons. The number of benzene rings is 2. The Morgan fingerprint density at radius 3 is 1.14 bits per heavy atom. The number of unbranched alkanes of at least 4 members (excludes halogenated alkanes) is 1. The van der Waals surface area contributed by atoms with Crippen LogP contribution in [0, 0.1) is 0 Å². The van der Waals surface area contributed by atoms with Gasteiger partial charge in [-0.05, 0) is 11.1 Å². The van der Waals surface area contributed by atoms with E-state index >= 15 is 0 Å². The van der Waals surface area contributed by atoms with Crippen molar-refractivity contribution in [2.45, 2.75) is 26.7 Å². The molecule has 0 saturated carbocycles. The lowest BCUT2D eigenvalue weighted by atomic mass is 10.1. The van der Waals surface area contributed by atoms with Gasteiger partial charge in [0, 0.05) is 0 Å². The van der Waals surface area contributed by atoms with Gasteiger partial charge in [-0.2, -0.15) is 8.42 Å². The second-order valence-electron chi connectivity index (χ2n) is 4.32. The first-order valence-corrected chi connectivity index (χ1v) is 8.40. The first kappa shape index (κ1) is 19.3. The molecule has 0 aliphatic carbocycles. The van der Waals surface area contributed by atoms with Crippen molar-refractivity contribution in [3.05, 3.63) is 60.7 Å². The maximum absolute atomic E-state index is 9.19. The van der Waals surface area contributed by atoms with Crippen molar-refractivity contribution in [2.75, 3.05) is 0 Å². The predicted octanol–water partition coefficient (Wildman–Crippen LogP) is 3.31. The third-order valence-electron chi connectivity index (χ3n) is 2.38. The molecule has 0 aliphatic heterocycles. The van der Waals surface area contributed by atoms with E-state index in [0.717, 1.165) is 0 Å². The largest absolute Gasteiger partial charge is 0.271 e. The second-order valence-corrected chi connectivity index (χ2v) is 5.50. The fourth-order valence-corrected chi connectivity index (χ4v) is 1.26. The van der Waals surface area contributed by atoms with Gasteiger partial charge in [0.25, 0.3) is 10.2 Å². The number of rotatable bonds is 2. The molecule has 21 heavy (non-hydrogen) atoms. The molecule has 2 aromatic carbocycles. The van der Waals surface area contributed by atoms with Crippen LogP contribution >= 0.6 is 0 Å². The standard InChI is InChI=1S/C12H10.C4H10.H4N2O2S/c1-3-7-11(8-4-1)12-9-5-2-6-10-12;1-3-4-2;1-5(2,3)4/h1-10H;3-4H2,1-2H3;(H4,1,2,3,4). The lowest BCUT2D eigenvalue weighted by Crippen LogP contribution is -2.21. The van der Waals surface area contributed by atoms with Gasteiger partial charge in [0.15, 0.2) is 0 Å². The first-order chi connectivity index (χ1) is 9.88. The predicted molar refractivity (Wildman–Crippen MR) is 89.8 cm³/mol. The Morgan fingerprint density at radius 1 is 0.714 bits per heavy atom. The van der Waals surface area contributed by atoms with E-state index in [9.17, 15) is 8.42 Å². The van der Waals surface area contributed by atoms with Crippen LogP contribution in [-0.4, -0.2) is 8.42 Å². The fraction of sp³-hybridized carbons (Fsp3) is 0.250. The van der Waals surface area contributed by atoms with Crippen LogP contribution in [0.25, 0.3) is 11.1 Å².